The SMILES string of the molecule is CCOC(=O)c1cc(Cl)c2cc(Cc3ccc(F)cc3)cnc2c1OC. The number of benzene rings is 2. The maximum atomic E-state index is 13.0. The Morgan fingerprint density at radius 3 is 2.58 bits per heavy atom. The van der Waals surface area contributed by atoms with Crippen LogP contribution in [0.3, 0.4) is 0 Å². The molecule has 2 aromatic carbocycles. The average Bonchev–Trinajstić information content (AvgIpc) is 2.64. The molecule has 134 valence electrons. The summed E-state index contributed by atoms with van der Waals surface area (Å²) in [5.41, 5.74) is 2.60. The zero-order chi connectivity index (χ0) is 18.7. The molecule has 3 aromatic rings. The van der Waals surface area contributed by atoms with Crippen molar-refractivity contribution in [1.82, 2.24) is 4.98 Å². The van der Waals surface area contributed by atoms with Crippen molar-refractivity contribution < 1.29 is 18.7 Å². The third-order valence-electron chi connectivity index (χ3n) is 3.95. The van der Waals surface area contributed by atoms with Crippen molar-refractivity contribution in [3.8, 4) is 5.75 Å². The van der Waals surface area contributed by atoms with Gasteiger partial charge in [-0.15, -0.1) is 0 Å². The summed E-state index contributed by atoms with van der Waals surface area (Å²) in [6.45, 7) is 1.98. The summed E-state index contributed by atoms with van der Waals surface area (Å²) < 4.78 is 23.5. The van der Waals surface area contributed by atoms with E-state index in [4.69, 9.17) is 21.1 Å². The van der Waals surface area contributed by atoms with Crippen molar-refractivity contribution in [3.63, 3.8) is 0 Å². The van der Waals surface area contributed by atoms with E-state index < -0.39 is 5.97 Å². The number of aromatic nitrogens is 1. The van der Waals surface area contributed by atoms with Crippen LogP contribution >= 0.6 is 11.6 Å². The van der Waals surface area contributed by atoms with Crippen LogP contribution in [0.25, 0.3) is 10.9 Å². The van der Waals surface area contributed by atoms with Crippen LogP contribution in [0.5, 0.6) is 5.75 Å². The molecule has 0 fully saturated rings. The fourth-order valence-electron chi connectivity index (χ4n) is 2.77. The smallest absolute Gasteiger partial charge is 0.342 e. The molecular formula is C20H17ClFNO3. The van der Waals surface area contributed by atoms with Gasteiger partial charge in [-0.2, -0.15) is 0 Å². The highest BCUT2D eigenvalue weighted by molar-refractivity contribution is 6.36. The van der Waals surface area contributed by atoms with Gasteiger partial charge in [0.25, 0.3) is 0 Å². The van der Waals surface area contributed by atoms with E-state index in [0.29, 0.717) is 28.1 Å². The fraction of sp³-hybridized carbons (Fsp3) is 0.200. The zero-order valence-electron chi connectivity index (χ0n) is 14.4. The first kappa shape index (κ1) is 18.1. The molecule has 0 aliphatic rings. The number of halogens is 2. The van der Waals surface area contributed by atoms with Gasteiger partial charge in [0, 0.05) is 11.6 Å². The number of hydrogen-bond donors (Lipinski definition) is 0. The molecule has 6 heteroatoms. The number of hydrogen-bond acceptors (Lipinski definition) is 4. The second-order valence-corrected chi connectivity index (χ2v) is 6.11. The lowest BCUT2D eigenvalue weighted by Crippen LogP contribution is -2.08. The number of ether oxygens (including phenoxy) is 2. The van der Waals surface area contributed by atoms with Gasteiger partial charge in [0.1, 0.15) is 16.9 Å². The molecule has 26 heavy (non-hydrogen) atoms. The van der Waals surface area contributed by atoms with E-state index >= 15 is 0 Å². The highest BCUT2D eigenvalue weighted by Gasteiger charge is 2.20. The maximum absolute atomic E-state index is 13.0. The van der Waals surface area contributed by atoms with Crippen LogP contribution in [0.1, 0.15) is 28.4 Å². The van der Waals surface area contributed by atoms with E-state index in [1.54, 1.807) is 25.3 Å². The zero-order valence-corrected chi connectivity index (χ0v) is 15.1. The van der Waals surface area contributed by atoms with Gasteiger partial charge in [-0.1, -0.05) is 23.7 Å². The largest absolute Gasteiger partial charge is 0.494 e. The van der Waals surface area contributed by atoms with Crippen LogP contribution in [0.2, 0.25) is 5.02 Å². The van der Waals surface area contributed by atoms with E-state index in [2.05, 4.69) is 4.98 Å². The van der Waals surface area contributed by atoms with E-state index in [1.165, 1.54) is 25.3 Å². The second kappa shape index (κ2) is 7.70. The molecule has 0 radical (unpaired) electrons. The van der Waals surface area contributed by atoms with Gasteiger partial charge in [-0.05, 0) is 48.7 Å². The van der Waals surface area contributed by atoms with Crippen LogP contribution in [0, 0.1) is 5.82 Å². The normalized spacial score (nSPS) is 10.8. The van der Waals surface area contributed by atoms with Gasteiger partial charge >= 0.3 is 5.97 Å². The predicted molar refractivity (Wildman–Crippen MR) is 98.5 cm³/mol. The van der Waals surface area contributed by atoms with Crippen molar-refractivity contribution in [2.45, 2.75) is 13.3 Å². The molecule has 0 saturated carbocycles. The minimum atomic E-state index is -0.509. The number of rotatable bonds is 5. The van der Waals surface area contributed by atoms with E-state index in [-0.39, 0.29) is 18.0 Å². The van der Waals surface area contributed by atoms with Gasteiger partial charge in [-0.25, -0.2) is 9.18 Å². The molecule has 0 amide bonds. The summed E-state index contributed by atoms with van der Waals surface area (Å²) in [7, 11) is 1.47. The van der Waals surface area contributed by atoms with Gasteiger partial charge in [0.2, 0.25) is 0 Å². The lowest BCUT2D eigenvalue weighted by atomic mass is 10.0. The molecule has 0 N–H and O–H groups in total. The number of carbonyl (C=O) groups is 1. The summed E-state index contributed by atoms with van der Waals surface area (Å²) >= 11 is 6.38. The average molecular weight is 374 g/mol. The van der Waals surface area contributed by atoms with Crippen molar-refractivity contribution in [2.24, 2.45) is 0 Å². The molecule has 3 rings (SSSR count). The van der Waals surface area contributed by atoms with E-state index in [0.717, 1.165) is 11.1 Å². The molecule has 0 atom stereocenters. The Morgan fingerprint density at radius 2 is 1.92 bits per heavy atom. The standard InChI is InChI=1S/C20H17ClFNO3/c1-3-26-20(24)16-10-17(21)15-9-13(11-23-18(15)19(16)25-2)8-12-4-6-14(22)7-5-12/h4-7,9-11H,3,8H2,1-2H3. The Balaban J connectivity index is 2.04. The molecule has 1 aromatic heterocycles. The molecule has 0 aliphatic carbocycles. The summed E-state index contributed by atoms with van der Waals surface area (Å²) in [4.78, 5) is 16.6. The molecular weight excluding hydrogens is 357 g/mol. The van der Waals surface area contributed by atoms with Gasteiger partial charge in [0.05, 0.1) is 18.7 Å². The van der Waals surface area contributed by atoms with Crippen molar-refractivity contribution >= 4 is 28.5 Å². The lowest BCUT2D eigenvalue weighted by Gasteiger charge is -2.13. The summed E-state index contributed by atoms with van der Waals surface area (Å²) in [5, 5.41) is 1.06. The predicted octanol–water partition coefficient (Wildman–Crippen LogP) is 4.80. The number of carbonyl (C=O) groups excluding carboxylic acids is 1. The third-order valence-corrected chi connectivity index (χ3v) is 4.27. The minimum Gasteiger partial charge on any atom is -0.494 e. The first-order valence-electron chi connectivity index (χ1n) is 8.10. The molecule has 0 bridgehead atoms. The number of nitrogens with zero attached hydrogens (tertiary/aromatic N) is 1. The molecule has 1 heterocycles. The van der Waals surface area contributed by atoms with Crippen LogP contribution in [0.15, 0.2) is 42.6 Å². The van der Waals surface area contributed by atoms with E-state index in [9.17, 15) is 9.18 Å². The Hall–Kier alpha value is -2.66. The molecule has 4 nitrogen and oxygen atoms in total. The number of esters is 1. The van der Waals surface area contributed by atoms with Gasteiger partial charge in [-0.3, -0.25) is 4.98 Å². The first-order valence-corrected chi connectivity index (χ1v) is 8.48. The number of fused-ring (bicyclic) bond motifs is 1. The fourth-order valence-corrected chi connectivity index (χ4v) is 3.02. The Bertz CT molecular complexity index is 957. The quantitative estimate of drug-likeness (QED) is 0.602. The highest BCUT2D eigenvalue weighted by Crippen LogP contribution is 2.35. The Morgan fingerprint density at radius 1 is 1.19 bits per heavy atom. The Kier molecular flexibility index (Phi) is 5.38. The number of pyridine rings is 1. The lowest BCUT2D eigenvalue weighted by molar-refractivity contribution is 0.0523. The Labute approximate surface area is 155 Å². The van der Waals surface area contributed by atoms with Gasteiger partial charge < -0.3 is 9.47 Å². The van der Waals surface area contributed by atoms with Gasteiger partial charge in [0.15, 0.2) is 5.75 Å². The van der Waals surface area contributed by atoms with E-state index in [1.807, 2.05) is 6.07 Å². The van der Waals surface area contributed by atoms with Crippen molar-refractivity contribution in [2.75, 3.05) is 13.7 Å². The number of methoxy groups -OCH3 is 1. The maximum Gasteiger partial charge on any atom is 0.342 e. The molecule has 0 spiro atoms. The molecule has 0 saturated heterocycles. The monoisotopic (exact) mass is 373 g/mol. The second-order valence-electron chi connectivity index (χ2n) is 5.70. The van der Waals surface area contributed by atoms with Crippen LogP contribution < -0.4 is 4.74 Å². The van der Waals surface area contributed by atoms with Crippen LogP contribution in [-0.4, -0.2) is 24.7 Å². The highest BCUT2D eigenvalue weighted by atomic mass is 35.5. The minimum absolute atomic E-state index is 0.241. The summed E-state index contributed by atoms with van der Waals surface area (Å²) in [6.07, 6.45) is 2.28. The van der Waals surface area contributed by atoms with Crippen LogP contribution in [-0.2, 0) is 11.2 Å². The topological polar surface area (TPSA) is 48.4 Å². The van der Waals surface area contributed by atoms with Crippen molar-refractivity contribution in [1.29, 1.82) is 0 Å². The van der Waals surface area contributed by atoms with Crippen molar-refractivity contribution in [3.05, 3.63) is 70.1 Å². The van der Waals surface area contributed by atoms with Crippen LogP contribution in [0.4, 0.5) is 4.39 Å². The third kappa shape index (κ3) is 3.63. The molecule has 0 aliphatic heterocycles. The summed E-state index contributed by atoms with van der Waals surface area (Å²) in [5.74, 6) is -0.453. The molecule has 0 unspecified atom stereocenters. The first-order chi connectivity index (χ1) is 12.5. The summed E-state index contributed by atoms with van der Waals surface area (Å²) in [6, 6.07) is 9.73.